The molecule has 1 aliphatic rings. The fraction of sp³-hybridized carbons (Fsp3) is 0.600. The van der Waals surface area contributed by atoms with Gasteiger partial charge < -0.3 is 10.6 Å². The van der Waals surface area contributed by atoms with Crippen LogP contribution in [-0.2, 0) is 0 Å². The largest absolute Gasteiger partial charge is 0.314 e. The lowest BCUT2D eigenvalue weighted by Gasteiger charge is -2.23. The van der Waals surface area contributed by atoms with E-state index in [1.165, 1.54) is 31.4 Å². The number of nitrogens with one attached hydrogen (secondary N) is 2. The SMILES string of the molecule is CC(CC1CCCN1)N[C@@H](C)c1ccccc1. The summed E-state index contributed by atoms with van der Waals surface area (Å²) >= 11 is 0. The summed E-state index contributed by atoms with van der Waals surface area (Å²) in [7, 11) is 0. The summed E-state index contributed by atoms with van der Waals surface area (Å²) in [6.45, 7) is 5.74. The zero-order valence-corrected chi connectivity index (χ0v) is 10.9. The third-order valence-electron chi connectivity index (χ3n) is 3.63. The maximum absolute atomic E-state index is 3.68. The van der Waals surface area contributed by atoms with Crippen molar-refractivity contribution in [1.29, 1.82) is 0 Å². The molecule has 2 N–H and O–H groups in total. The number of hydrogen-bond acceptors (Lipinski definition) is 2. The van der Waals surface area contributed by atoms with Gasteiger partial charge in [-0.1, -0.05) is 30.3 Å². The van der Waals surface area contributed by atoms with Gasteiger partial charge in [-0.3, -0.25) is 0 Å². The van der Waals surface area contributed by atoms with E-state index >= 15 is 0 Å². The summed E-state index contributed by atoms with van der Waals surface area (Å²) in [4.78, 5) is 0. The Morgan fingerprint density at radius 2 is 2.06 bits per heavy atom. The fourth-order valence-corrected chi connectivity index (χ4v) is 2.72. The van der Waals surface area contributed by atoms with Crippen LogP contribution < -0.4 is 10.6 Å². The molecule has 3 atom stereocenters. The molecule has 0 aromatic heterocycles. The van der Waals surface area contributed by atoms with E-state index in [0.29, 0.717) is 12.1 Å². The van der Waals surface area contributed by atoms with Crippen molar-refractivity contribution in [2.45, 2.75) is 51.2 Å². The smallest absolute Gasteiger partial charge is 0.0294 e. The van der Waals surface area contributed by atoms with E-state index in [4.69, 9.17) is 0 Å². The molecule has 2 rings (SSSR count). The lowest BCUT2D eigenvalue weighted by molar-refractivity contribution is 0.407. The van der Waals surface area contributed by atoms with Crippen molar-refractivity contribution < 1.29 is 0 Å². The van der Waals surface area contributed by atoms with E-state index in [2.05, 4.69) is 54.8 Å². The Morgan fingerprint density at radius 1 is 1.29 bits per heavy atom. The summed E-state index contributed by atoms with van der Waals surface area (Å²) in [6, 6.07) is 12.4. The second-order valence-electron chi connectivity index (χ2n) is 5.23. The van der Waals surface area contributed by atoms with Crippen LogP contribution in [0.1, 0.15) is 44.7 Å². The maximum Gasteiger partial charge on any atom is 0.0294 e. The van der Waals surface area contributed by atoms with Gasteiger partial charge in [-0.05, 0) is 45.2 Å². The maximum atomic E-state index is 3.68. The van der Waals surface area contributed by atoms with E-state index in [1.807, 2.05) is 0 Å². The van der Waals surface area contributed by atoms with Crippen molar-refractivity contribution in [2.75, 3.05) is 6.54 Å². The lowest BCUT2D eigenvalue weighted by atomic mass is 10.0. The Morgan fingerprint density at radius 3 is 2.71 bits per heavy atom. The van der Waals surface area contributed by atoms with Gasteiger partial charge in [-0.25, -0.2) is 0 Å². The minimum absolute atomic E-state index is 0.438. The molecule has 2 unspecified atom stereocenters. The second-order valence-corrected chi connectivity index (χ2v) is 5.23. The normalized spacial score (nSPS) is 23.5. The molecule has 0 radical (unpaired) electrons. The topological polar surface area (TPSA) is 24.1 Å². The van der Waals surface area contributed by atoms with Crippen LogP contribution in [0, 0.1) is 0 Å². The number of benzene rings is 1. The van der Waals surface area contributed by atoms with Crippen LogP contribution in [0.4, 0.5) is 0 Å². The van der Waals surface area contributed by atoms with Crippen molar-refractivity contribution in [3.8, 4) is 0 Å². The van der Waals surface area contributed by atoms with Crippen LogP contribution >= 0.6 is 0 Å². The minimum Gasteiger partial charge on any atom is -0.314 e. The molecule has 0 bridgehead atoms. The van der Waals surface area contributed by atoms with Gasteiger partial charge in [0.05, 0.1) is 0 Å². The van der Waals surface area contributed by atoms with Crippen molar-refractivity contribution in [1.82, 2.24) is 10.6 Å². The molecule has 1 heterocycles. The quantitative estimate of drug-likeness (QED) is 0.815. The Balaban J connectivity index is 1.79. The van der Waals surface area contributed by atoms with Crippen LogP contribution in [0.25, 0.3) is 0 Å². The molecular weight excluding hydrogens is 208 g/mol. The average molecular weight is 232 g/mol. The molecule has 0 aliphatic carbocycles. The predicted molar refractivity (Wildman–Crippen MR) is 73.1 cm³/mol. The van der Waals surface area contributed by atoms with Crippen molar-refractivity contribution >= 4 is 0 Å². The third kappa shape index (κ3) is 3.83. The molecule has 0 amide bonds. The highest BCUT2D eigenvalue weighted by atomic mass is 15.0. The number of hydrogen-bond donors (Lipinski definition) is 2. The lowest BCUT2D eigenvalue weighted by Crippen LogP contribution is -2.35. The van der Waals surface area contributed by atoms with Gasteiger partial charge in [0.1, 0.15) is 0 Å². The Bertz CT molecular complexity index is 317. The molecule has 0 spiro atoms. The molecule has 1 aliphatic heterocycles. The first kappa shape index (κ1) is 12.6. The standard InChI is InChI=1S/C15H24N2/c1-12(11-15-9-6-10-16-15)17-13(2)14-7-4-3-5-8-14/h3-5,7-8,12-13,15-17H,6,9-11H2,1-2H3/t12?,13-,15?/m0/s1. The van der Waals surface area contributed by atoms with Gasteiger partial charge in [0.25, 0.3) is 0 Å². The van der Waals surface area contributed by atoms with Gasteiger partial charge in [0.2, 0.25) is 0 Å². The van der Waals surface area contributed by atoms with Gasteiger partial charge in [-0.15, -0.1) is 0 Å². The summed E-state index contributed by atoms with van der Waals surface area (Å²) in [5.41, 5.74) is 1.37. The van der Waals surface area contributed by atoms with Crippen LogP contribution in [-0.4, -0.2) is 18.6 Å². The fourth-order valence-electron chi connectivity index (χ4n) is 2.72. The van der Waals surface area contributed by atoms with Gasteiger partial charge in [-0.2, -0.15) is 0 Å². The predicted octanol–water partition coefficient (Wildman–Crippen LogP) is 2.87. The average Bonchev–Trinajstić information content (AvgIpc) is 2.82. The minimum atomic E-state index is 0.438. The van der Waals surface area contributed by atoms with Crippen molar-refractivity contribution in [3.63, 3.8) is 0 Å². The van der Waals surface area contributed by atoms with E-state index in [1.54, 1.807) is 0 Å². The molecule has 1 aromatic rings. The van der Waals surface area contributed by atoms with E-state index < -0.39 is 0 Å². The summed E-state index contributed by atoms with van der Waals surface area (Å²) < 4.78 is 0. The molecule has 1 saturated heterocycles. The first-order valence-corrected chi connectivity index (χ1v) is 6.80. The molecule has 1 aromatic carbocycles. The summed E-state index contributed by atoms with van der Waals surface area (Å²) in [5, 5.41) is 7.24. The second kappa shape index (κ2) is 6.18. The van der Waals surface area contributed by atoms with Gasteiger partial charge in [0, 0.05) is 18.1 Å². The first-order valence-electron chi connectivity index (χ1n) is 6.80. The summed E-state index contributed by atoms with van der Waals surface area (Å²) in [6.07, 6.45) is 3.91. The summed E-state index contributed by atoms with van der Waals surface area (Å²) in [5.74, 6) is 0. The van der Waals surface area contributed by atoms with E-state index in [-0.39, 0.29) is 0 Å². The van der Waals surface area contributed by atoms with Crippen molar-refractivity contribution in [3.05, 3.63) is 35.9 Å². The van der Waals surface area contributed by atoms with Crippen LogP contribution in [0.3, 0.4) is 0 Å². The highest BCUT2D eigenvalue weighted by Crippen LogP contribution is 2.15. The van der Waals surface area contributed by atoms with E-state index in [9.17, 15) is 0 Å². The molecule has 2 nitrogen and oxygen atoms in total. The zero-order valence-electron chi connectivity index (χ0n) is 10.9. The van der Waals surface area contributed by atoms with Crippen LogP contribution in [0.2, 0.25) is 0 Å². The molecule has 0 saturated carbocycles. The molecule has 1 fully saturated rings. The zero-order chi connectivity index (χ0) is 12.1. The molecular formula is C15H24N2. The highest BCUT2D eigenvalue weighted by Gasteiger charge is 2.18. The Labute approximate surface area is 105 Å². The number of rotatable bonds is 5. The van der Waals surface area contributed by atoms with Crippen LogP contribution in [0.5, 0.6) is 0 Å². The Kier molecular flexibility index (Phi) is 4.57. The Hall–Kier alpha value is -0.860. The highest BCUT2D eigenvalue weighted by molar-refractivity contribution is 5.18. The molecule has 2 heteroatoms. The van der Waals surface area contributed by atoms with Crippen LogP contribution in [0.15, 0.2) is 30.3 Å². The van der Waals surface area contributed by atoms with Crippen molar-refractivity contribution in [2.24, 2.45) is 0 Å². The third-order valence-corrected chi connectivity index (χ3v) is 3.63. The first-order chi connectivity index (χ1) is 8.25. The molecule has 94 valence electrons. The monoisotopic (exact) mass is 232 g/mol. The van der Waals surface area contributed by atoms with E-state index in [0.717, 1.165) is 6.04 Å². The van der Waals surface area contributed by atoms with Gasteiger partial charge in [0.15, 0.2) is 0 Å². The molecule has 17 heavy (non-hydrogen) atoms. The van der Waals surface area contributed by atoms with Gasteiger partial charge >= 0.3 is 0 Å².